The maximum absolute atomic E-state index is 15.2. The lowest BCUT2D eigenvalue weighted by Crippen LogP contribution is -2.43. The van der Waals surface area contributed by atoms with Gasteiger partial charge in [0.2, 0.25) is 0 Å². The Labute approximate surface area is 208 Å². The maximum atomic E-state index is 15.2. The van der Waals surface area contributed by atoms with Crippen molar-refractivity contribution in [3.63, 3.8) is 0 Å². The van der Waals surface area contributed by atoms with Gasteiger partial charge in [-0.2, -0.15) is 0 Å². The highest BCUT2D eigenvalue weighted by atomic mass is 35.5. The van der Waals surface area contributed by atoms with Crippen molar-refractivity contribution in [2.45, 2.75) is 12.5 Å². The molecule has 3 aromatic carbocycles. The number of ether oxygens (including phenoxy) is 4. The number of hydrogen-bond acceptors (Lipinski definition) is 5. The maximum Gasteiger partial charge on any atom is 0.322 e. The fourth-order valence-corrected chi connectivity index (χ4v) is 4.62. The highest BCUT2D eigenvalue weighted by molar-refractivity contribution is 6.31. The van der Waals surface area contributed by atoms with Crippen LogP contribution in [0.3, 0.4) is 0 Å². The molecular weight excluding hydrogens is 475 g/mol. The van der Waals surface area contributed by atoms with Gasteiger partial charge in [-0.15, -0.1) is 0 Å². The van der Waals surface area contributed by atoms with E-state index in [-0.39, 0.29) is 10.6 Å². The van der Waals surface area contributed by atoms with Gasteiger partial charge in [0.25, 0.3) is 0 Å². The number of anilines is 1. The van der Waals surface area contributed by atoms with Crippen LogP contribution in [0.5, 0.6) is 23.0 Å². The van der Waals surface area contributed by atoms with E-state index in [9.17, 15) is 4.79 Å². The molecular formula is C26H26ClFN2O5. The molecule has 35 heavy (non-hydrogen) atoms. The minimum Gasteiger partial charge on any atom is -0.493 e. The predicted molar refractivity (Wildman–Crippen MR) is 132 cm³/mol. The number of halogens is 2. The summed E-state index contributed by atoms with van der Waals surface area (Å²) in [7, 11) is 6.14. The zero-order valence-corrected chi connectivity index (χ0v) is 20.6. The van der Waals surface area contributed by atoms with Crippen molar-refractivity contribution in [2.75, 3.05) is 40.3 Å². The lowest BCUT2D eigenvalue weighted by Gasteiger charge is -2.38. The molecule has 9 heteroatoms. The Hall–Kier alpha value is -3.65. The molecule has 1 aliphatic rings. The summed E-state index contributed by atoms with van der Waals surface area (Å²) in [6.45, 7) is 0.330. The fraction of sp³-hybridized carbons (Fsp3) is 0.269. The summed E-state index contributed by atoms with van der Waals surface area (Å²) in [5, 5.41) is 3.11. The average Bonchev–Trinajstić information content (AvgIpc) is 2.87. The van der Waals surface area contributed by atoms with E-state index < -0.39 is 17.9 Å². The van der Waals surface area contributed by atoms with Gasteiger partial charge < -0.3 is 29.2 Å². The molecule has 0 bridgehead atoms. The van der Waals surface area contributed by atoms with Crippen LogP contribution in [0.2, 0.25) is 5.02 Å². The van der Waals surface area contributed by atoms with E-state index >= 15 is 4.39 Å². The van der Waals surface area contributed by atoms with Crippen molar-refractivity contribution < 1.29 is 28.1 Å². The normalized spacial score (nSPS) is 14.7. The van der Waals surface area contributed by atoms with Crippen LogP contribution >= 0.6 is 11.6 Å². The smallest absolute Gasteiger partial charge is 0.322 e. The summed E-state index contributed by atoms with van der Waals surface area (Å²) in [6, 6.07) is 12.0. The van der Waals surface area contributed by atoms with E-state index in [0.717, 1.165) is 5.56 Å². The molecule has 1 aliphatic heterocycles. The number of urea groups is 1. The Balaban J connectivity index is 1.79. The minimum atomic E-state index is -0.785. The Morgan fingerprint density at radius 1 is 0.943 bits per heavy atom. The van der Waals surface area contributed by atoms with Crippen molar-refractivity contribution in [1.82, 2.24) is 4.90 Å². The summed E-state index contributed by atoms with van der Waals surface area (Å²) in [6.07, 6.45) is 0.539. The van der Waals surface area contributed by atoms with Crippen LogP contribution in [0.15, 0.2) is 48.5 Å². The Bertz CT molecular complexity index is 1230. The minimum absolute atomic E-state index is 0.213. The van der Waals surface area contributed by atoms with Crippen LogP contribution in [0.25, 0.3) is 0 Å². The number of nitrogens with zero attached hydrogens (tertiary/aromatic N) is 1. The summed E-state index contributed by atoms with van der Waals surface area (Å²) in [5.74, 6) is 1.54. The standard InChI is InChI=1S/C26H26ClFN2O5/c1-32-20-9-8-16(13-22(20)34-3)29-26(31)30-11-10-15-12-21(33-2)23(35-4)14-17(15)25(30)24-18(27)6-5-7-19(24)28/h5-9,12-14,25H,10-11H2,1-4H3,(H,29,31)/t25-/m0/s1. The van der Waals surface area contributed by atoms with Crippen molar-refractivity contribution in [2.24, 2.45) is 0 Å². The number of amides is 2. The number of methoxy groups -OCH3 is 4. The van der Waals surface area contributed by atoms with Gasteiger partial charge in [-0.3, -0.25) is 0 Å². The first-order valence-corrected chi connectivity index (χ1v) is 11.3. The van der Waals surface area contributed by atoms with E-state index in [1.807, 2.05) is 6.07 Å². The fourth-order valence-electron chi connectivity index (χ4n) is 4.36. The van der Waals surface area contributed by atoms with Gasteiger partial charge in [-0.25, -0.2) is 9.18 Å². The predicted octanol–water partition coefficient (Wildman–Crippen LogP) is 5.69. The SMILES string of the molecule is COc1ccc(NC(=O)N2CCc3cc(OC)c(OC)cc3[C@H]2c2c(F)cccc2Cl)cc1OC. The Kier molecular flexibility index (Phi) is 7.21. The van der Waals surface area contributed by atoms with Crippen LogP contribution in [0, 0.1) is 5.82 Å². The molecule has 0 saturated heterocycles. The number of carbonyl (C=O) groups is 1. The van der Waals surface area contributed by atoms with Gasteiger partial charge >= 0.3 is 6.03 Å². The van der Waals surface area contributed by atoms with Crippen LogP contribution in [0.1, 0.15) is 22.7 Å². The molecule has 0 aliphatic carbocycles. The molecule has 0 saturated carbocycles. The van der Waals surface area contributed by atoms with Gasteiger partial charge in [0, 0.05) is 28.9 Å². The topological polar surface area (TPSA) is 69.3 Å². The van der Waals surface area contributed by atoms with Crippen molar-refractivity contribution in [3.05, 3.63) is 76.1 Å². The third-order valence-corrected chi connectivity index (χ3v) is 6.37. The monoisotopic (exact) mass is 500 g/mol. The second-order valence-electron chi connectivity index (χ2n) is 7.89. The Morgan fingerprint density at radius 3 is 2.26 bits per heavy atom. The lowest BCUT2D eigenvalue weighted by molar-refractivity contribution is 0.192. The summed E-state index contributed by atoms with van der Waals surface area (Å²) in [5.41, 5.74) is 2.35. The molecule has 0 aromatic heterocycles. The van der Waals surface area contributed by atoms with Crippen LogP contribution in [-0.2, 0) is 6.42 Å². The average molecular weight is 501 g/mol. The van der Waals surface area contributed by atoms with Gasteiger partial charge in [-0.05, 0) is 53.9 Å². The lowest BCUT2D eigenvalue weighted by atomic mass is 9.87. The number of carbonyl (C=O) groups excluding carboxylic acids is 1. The number of rotatable bonds is 6. The van der Waals surface area contributed by atoms with Gasteiger partial charge in [0.15, 0.2) is 23.0 Å². The molecule has 2 amide bonds. The summed E-state index contributed by atoms with van der Waals surface area (Å²) in [4.78, 5) is 15.1. The van der Waals surface area contributed by atoms with Gasteiger partial charge in [-0.1, -0.05) is 17.7 Å². The first-order chi connectivity index (χ1) is 16.9. The molecule has 1 N–H and O–H groups in total. The molecule has 1 atom stereocenters. The number of hydrogen-bond donors (Lipinski definition) is 1. The van der Waals surface area contributed by atoms with Crippen molar-refractivity contribution in [3.8, 4) is 23.0 Å². The number of benzene rings is 3. The Morgan fingerprint density at radius 2 is 1.60 bits per heavy atom. The zero-order chi connectivity index (χ0) is 25.1. The van der Waals surface area contributed by atoms with Crippen LogP contribution in [0.4, 0.5) is 14.9 Å². The largest absolute Gasteiger partial charge is 0.493 e. The molecule has 0 radical (unpaired) electrons. The molecule has 0 fully saturated rings. The van der Waals surface area contributed by atoms with E-state index in [1.165, 1.54) is 33.5 Å². The first-order valence-electron chi connectivity index (χ1n) is 10.9. The third kappa shape index (κ3) is 4.66. The van der Waals surface area contributed by atoms with Crippen molar-refractivity contribution >= 4 is 23.3 Å². The summed E-state index contributed by atoms with van der Waals surface area (Å²) < 4.78 is 36.7. The van der Waals surface area contributed by atoms with Crippen molar-refractivity contribution in [1.29, 1.82) is 0 Å². The third-order valence-electron chi connectivity index (χ3n) is 6.04. The molecule has 0 unspecified atom stereocenters. The highest BCUT2D eigenvalue weighted by Crippen LogP contribution is 2.44. The second kappa shape index (κ2) is 10.3. The van der Waals surface area contributed by atoms with Crippen LogP contribution < -0.4 is 24.3 Å². The van der Waals surface area contributed by atoms with Crippen LogP contribution in [-0.4, -0.2) is 45.9 Å². The molecule has 0 spiro atoms. The van der Waals surface area contributed by atoms with Gasteiger partial charge in [0.1, 0.15) is 5.82 Å². The quantitative estimate of drug-likeness (QED) is 0.470. The highest BCUT2D eigenvalue weighted by Gasteiger charge is 2.36. The number of nitrogens with one attached hydrogen (secondary N) is 1. The molecule has 7 nitrogen and oxygen atoms in total. The van der Waals surface area contributed by atoms with E-state index in [4.69, 9.17) is 30.5 Å². The molecule has 1 heterocycles. The van der Waals surface area contributed by atoms with E-state index in [0.29, 0.717) is 47.2 Å². The number of fused-ring (bicyclic) bond motifs is 1. The summed E-state index contributed by atoms with van der Waals surface area (Å²) >= 11 is 6.48. The van der Waals surface area contributed by atoms with E-state index in [2.05, 4.69) is 5.32 Å². The zero-order valence-electron chi connectivity index (χ0n) is 19.9. The second-order valence-corrected chi connectivity index (χ2v) is 8.29. The molecule has 4 rings (SSSR count). The molecule has 3 aromatic rings. The van der Waals surface area contributed by atoms with E-state index in [1.54, 1.807) is 42.3 Å². The van der Waals surface area contributed by atoms with Gasteiger partial charge in [0.05, 0.1) is 34.5 Å². The first kappa shape index (κ1) is 24.5. The molecule has 184 valence electrons.